The van der Waals surface area contributed by atoms with E-state index in [1.807, 2.05) is 35.2 Å². The molecular weight excluding hydrogens is 509 g/mol. The average Bonchev–Trinajstić information content (AvgIpc) is 3.40. The number of nitrogens with zero attached hydrogens (tertiary/aromatic N) is 8. The van der Waals surface area contributed by atoms with Crippen molar-refractivity contribution >= 4 is 17.6 Å². The molecule has 11 heteroatoms. The zero-order valence-corrected chi connectivity index (χ0v) is 22.7. The lowest BCUT2D eigenvalue weighted by molar-refractivity contribution is -0.140. The maximum absolute atomic E-state index is 13.9. The molecule has 2 heterocycles. The zero-order valence-electron chi connectivity index (χ0n) is 22.7. The number of benzene rings is 2. The van der Waals surface area contributed by atoms with Gasteiger partial charge in [-0.15, -0.1) is 5.10 Å². The molecule has 1 aromatic heterocycles. The molecule has 40 heavy (non-hydrogen) atoms. The van der Waals surface area contributed by atoms with Gasteiger partial charge >= 0.3 is 0 Å². The number of nitrogens with two attached hydrogens (primary N) is 1. The molecule has 1 saturated carbocycles. The molecule has 208 valence electrons. The first-order valence-electron chi connectivity index (χ1n) is 13.8. The Balaban J connectivity index is 1.30. The molecule has 2 aromatic carbocycles. The number of carbonyl (C=O) groups excluding carboxylic acids is 1. The number of aliphatic imine (C=N–C) groups is 1. The van der Waals surface area contributed by atoms with Gasteiger partial charge in [-0.3, -0.25) is 4.79 Å². The highest BCUT2D eigenvalue weighted by atomic mass is 19.1. The highest BCUT2D eigenvalue weighted by molar-refractivity contribution is 5.85. The van der Waals surface area contributed by atoms with Crippen LogP contribution in [0.4, 0.5) is 10.1 Å². The predicted molar refractivity (Wildman–Crippen MR) is 148 cm³/mol. The van der Waals surface area contributed by atoms with Crippen molar-refractivity contribution in [3.05, 3.63) is 59.9 Å². The van der Waals surface area contributed by atoms with Crippen molar-refractivity contribution < 1.29 is 9.18 Å². The monoisotopic (exact) mass is 543 g/mol. The molecule has 1 amide bonds. The van der Waals surface area contributed by atoms with Gasteiger partial charge in [0.1, 0.15) is 5.82 Å². The van der Waals surface area contributed by atoms with Crippen LogP contribution in [0.25, 0.3) is 11.4 Å². The Hall–Kier alpha value is -4.33. The first-order chi connectivity index (χ1) is 19.4. The lowest BCUT2D eigenvalue weighted by Crippen LogP contribution is -2.53. The second kappa shape index (κ2) is 12.2. The van der Waals surface area contributed by atoms with Crippen molar-refractivity contribution in [2.45, 2.75) is 51.0 Å². The van der Waals surface area contributed by atoms with E-state index in [9.17, 15) is 14.4 Å². The maximum Gasteiger partial charge on any atom is 0.227 e. The number of amides is 1. The number of guanidine groups is 1. The van der Waals surface area contributed by atoms with Crippen molar-refractivity contribution in [3.8, 4) is 17.6 Å². The third-order valence-electron chi connectivity index (χ3n) is 7.97. The molecular formula is C29H34FN9O. The fourth-order valence-electron chi connectivity index (χ4n) is 6.00. The largest absolute Gasteiger partial charge is 0.369 e. The molecule has 0 radical (unpaired) electrons. The molecule has 1 aliphatic carbocycles. The van der Waals surface area contributed by atoms with Gasteiger partial charge in [0, 0.05) is 25.7 Å². The molecule has 10 nitrogen and oxygen atoms in total. The van der Waals surface area contributed by atoms with E-state index in [1.54, 1.807) is 17.8 Å². The topological polar surface area (TPSA) is 129 Å². The van der Waals surface area contributed by atoms with Crippen LogP contribution in [0.3, 0.4) is 0 Å². The molecule has 1 aliphatic heterocycles. The molecule has 2 aliphatic rings. The van der Waals surface area contributed by atoms with Crippen LogP contribution in [0.2, 0.25) is 0 Å². The predicted octanol–water partition coefficient (Wildman–Crippen LogP) is 3.79. The number of tetrazole rings is 1. The van der Waals surface area contributed by atoms with E-state index in [4.69, 9.17) is 5.73 Å². The Labute approximate surface area is 233 Å². The van der Waals surface area contributed by atoms with Crippen LogP contribution < -0.4 is 5.73 Å². The summed E-state index contributed by atoms with van der Waals surface area (Å²) in [4.78, 5) is 21.8. The summed E-state index contributed by atoms with van der Waals surface area (Å²) in [7, 11) is 1.75. The van der Waals surface area contributed by atoms with Crippen molar-refractivity contribution in [2.24, 2.45) is 29.6 Å². The summed E-state index contributed by atoms with van der Waals surface area (Å²) in [6.45, 7) is 1.38. The van der Waals surface area contributed by atoms with Gasteiger partial charge in [0.2, 0.25) is 11.9 Å². The van der Waals surface area contributed by atoms with Gasteiger partial charge in [-0.2, -0.15) is 5.26 Å². The molecule has 2 N–H and O–H groups in total. The van der Waals surface area contributed by atoms with Gasteiger partial charge in [-0.05, 0) is 78.3 Å². The number of aromatic nitrogens is 4. The number of carbonyl (C=O) groups is 1. The van der Waals surface area contributed by atoms with Crippen LogP contribution >= 0.6 is 0 Å². The van der Waals surface area contributed by atoms with Crippen molar-refractivity contribution in [1.29, 1.82) is 5.26 Å². The summed E-state index contributed by atoms with van der Waals surface area (Å²) >= 11 is 0. The quantitative estimate of drug-likeness (QED) is 0.217. The number of nitriles is 1. The lowest BCUT2D eigenvalue weighted by Gasteiger charge is -2.40. The highest BCUT2D eigenvalue weighted by Gasteiger charge is 2.39. The third kappa shape index (κ3) is 6.11. The van der Waals surface area contributed by atoms with E-state index in [1.165, 1.54) is 17.0 Å². The second-order valence-corrected chi connectivity index (χ2v) is 10.7. The molecule has 0 bridgehead atoms. The molecule has 3 atom stereocenters. The number of rotatable bonds is 6. The summed E-state index contributed by atoms with van der Waals surface area (Å²) in [5.74, 6) is 0.479. The standard InChI is InChI=1S/C29H34FN9O/c1-37-27(34-35-36-37)22-7-4-8-24(17-22)33-29(32)39(19-31)26-10-3-2-9-25(26)28(40)38-15-5-6-21(18-38)16-20-11-13-23(30)14-12-20/h4,7-8,11-14,17,21,25-26H,2-3,5-6,9-10,15-16,18H2,1H3,(H2,32,33)/t21-,25+,26+/m0/s1. The molecule has 0 unspecified atom stereocenters. The SMILES string of the molecule is Cn1nnnc1-c1cccc(N=C(N)N(C#N)[C@@H]2CCCC[C@H]2C(=O)N2CCC[C@@H](Cc3ccc(F)cc3)C2)c1. The van der Waals surface area contributed by atoms with Crippen molar-refractivity contribution in [3.63, 3.8) is 0 Å². The number of likely N-dealkylation sites (tertiary alicyclic amines) is 1. The number of halogens is 1. The first kappa shape index (κ1) is 27.2. The fourth-order valence-corrected chi connectivity index (χ4v) is 6.00. The maximum atomic E-state index is 13.9. The van der Waals surface area contributed by atoms with Crippen LogP contribution in [0, 0.1) is 29.1 Å². The van der Waals surface area contributed by atoms with Gasteiger partial charge in [0.25, 0.3) is 0 Å². The number of hydrogen-bond donors (Lipinski definition) is 1. The Morgan fingerprint density at radius 3 is 2.73 bits per heavy atom. The van der Waals surface area contributed by atoms with Gasteiger partial charge in [0.05, 0.1) is 17.6 Å². The molecule has 0 spiro atoms. The Morgan fingerprint density at radius 2 is 1.98 bits per heavy atom. The number of hydrogen-bond acceptors (Lipinski definition) is 6. The minimum absolute atomic E-state index is 0.0632. The molecule has 2 fully saturated rings. The van der Waals surface area contributed by atoms with Crippen molar-refractivity contribution in [2.75, 3.05) is 13.1 Å². The summed E-state index contributed by atoms with van der Waals surface area (Å²) in [6, 6.07) is 13.6. The molecule has 3 aromatic rings. The second-order valence-electron chi connectivity index (χ2n) is 10.7. The van der Waals surface area contributed by atoms with Crippen LogP contribution in [0.15, 0.2) is 53.5 Å². The van der Waals surface area contributed by atoms with Gasteiger partial charge in [-0.1, -0.05) is 37.1 Å². The summed E-state index contributed by atoms with van der Waals surface area (Å²) in [5, 5.41) is 21.7. The number of aryl methyl sites for hydroxylation is 1. The van der Waals surface area contributed by atoms with Gasteiger partial charge in [-0.25, -0.2) is 19.0 Å². The lowest BCUT2D eigenvalue weighted by atomic mass is 9.81. The third-order valence-corrected chi connectivity index (χ3v) is 7.97. The van der Waals surface area contributed by atoms with Gasteiger partial charge < -0.3 is 10.6 Å². The van der Waals surface area contributed by atoms with E-state index >= 15 is 0 Å². The van der Waals surface area contributed by atoms with Crippen LogP contribution in [0.1, 0.15) is 44.1 Å². The minimum Gasteiger partial charge on any atom is -0.369 e. The van der Waals surface area contributed by atoms with Crippen LogP contribution in [-0.4, -0.2) is 61.0 Å². The first-order valence-corrected chi connectivity index (χ1v) is 13.8. The highest BCUT2D eigenvalue weighted by Crippen LogP contribution is 2.32. The van der Waals surface area contributed by atoms with Crippen LogP contribution in [0.5, 0.6) is 0 Å². The Bertz CT molecular complexity index is 1400. The smallest absolute Gasteiger partial charge is 0.227 e. The molecule has 1 saturated heterocycles. The van der Waals surface area contributed by atoms with E-state index in [-0.39, 0.29) is 29.6 Å². The summed E-state index contributed by atoms with van der Waals surface area (Å²) in [5.41, 5.74) is 8.83. The van der Waals surface area contributed by atoms with E-state index in [0.29, 0.717) is 43.4 Å². The zero-order chi connectivity index (χ0) is 28.1. The fraction of sp³-hybridized carbons (Fsp3) is 0.448. The summed E-state index contributed by atoms with van der Waals surface area (Å²) < 4.78 is 14.9. The minimum atomic E-state index is -0.349. The van der Waals surface area contributed by atoms with Crippen LogP contribution in [-0.2, 0) is 18.3 Å². The van der Waals surface area contributed by atoms with E-state index in [2.05, 4.69) is 26.7 Å². The summed E-state index contributed by atoms with van der Waals surface area (Å²) in [6.07, 6.45) is 8.24. The Kier molecular flexibility index (Phi) is 8.34. The van der Waals surface area contributed by atoms with E-state index in [0.717, 1.165) is 43.2 Å². The average molecular weight is 544 g/mol. The molecule has 5 rings (SSSR count). The van der Waals surface area contributed by atoms with Crippen molar-refractivity contribution in [1.82, 2.24) is 30.0 Å². The van der Waals surface area contributed by atoms with Gasteiger partial charge in [0.15, 0.2) is 12.0 Å². The Morgan fingerprint density at radius 1 is 1.18 bits per heavy atom. The van der Waals surface area contributed by atoms with E-state index < -0.39 is 0 Å². The normalized spacial score (nSPS) is 21.6. The number of piperidine rings is 1.